The van der Waals surface area contributed by atoms with E-state index in [0.717, 1.165) is 37.2 Å². The van der Waals surface area contributed by atoms with E-state index in [-0.39, 0.29) is 11.4 Å². The van der Waals surface area contributed by atoms with Crippen LogP contribution in [0.4, 0.5) is 0 Å². The van der Waals surface area contributed by atoms with Crippen molar-refractivity contribution < 1.29 is 14.3 Å². The SMILES string of the molecule is COc1ccc([C@H]2C[C@]2(C)C2=C(OC(C)=O)CCCC2)cc1. The number of esters is 1. The molecule has 3 nitrogen and oxygen atoms in total. The molecule has 0 amide bonds. The van der Waals surface area contributed by atoms with Gasteiger partial charge in [0, 0.05) is 13.3 Å². The highest BCUT2D eigenvalue weighted by Gasteiger charge is 2.54. The zero-order valence-corrected chi connectivity index (χ0v) is 13.6. The van der Waals surface area contributed by atoms with Crippen molar-refractivity contribution in [1.29, 1.82) is 0 Å². The van der Waals surface area contributed by atoms with Crippen molar-refractivity contribution in [3.63, 3.8) is 0 Å². The normalized spacial score (nSPS) is 27.5. The van der Waals surface area contributed by atoms with Gasteiger partial charge in [0.15, 0.2) is 0 Å². The summed E-state index contributed by atoms with van der Waals surface area (Å²) in [6, 6.07) is 8.36. The minimum Gasteiger partial charge on any atom is -0.497 e. The zero-order valence-electron chi connectivity index (χ0n) is 13.6. The Morgan fingerprint density at radius 2 is 1.86 bits per heavy atom. The van der Waals surface area contributed by atoms with Gasteiger partial charge in [0.05, 0.1) is 7.11 Å². The topological polar surface area (TPSA) is 35.5 Å². The third-order valence-electron chi connectivity index (χ3n) is 5.13. The van der Waals surface area contributed by atoms with Crippen molar-refractivity contribution in [2.75, 3.05) is 7.11 Å². The van der Waals surface area contributed by atoms with Crippen LogP contribution in [0.3, 0.4) is 0 Å². The minimum absolute atomic E-state index is 0.153. The summed E-state index contributed by atoms with van der Waals surface area (Å²) in [6.07, 6.45) is 5.42. The Bertz CT molecular complexity index is 600. The molecule has 0 unspecified atom stereocenters. The molecule has 2 aliphatic carbocycles. The van der Waals surface area contributed by atoms with E-state index < -0.39 is 0 Å². The molecule has 0 radical (unpaired) electrons. The molecule has 0 N–H and O–H groups in total. The zero-order chi connectivity index (χ0) is 15.7. The smallest absolute Gasteiger partial charge is 0.307 e. The van der Waals surface area contributed by atoms with Gasteiger partial charge in [-0.05, 0) is 60.3 Å². The van der Waals surface area contributed by atoms with Gasteiger partial charge in [0.25, 0.3) is 0 Å². The van der Waals surface area contributed by atoms with Crippen LogP contribution in [0.15, 0.2) is 35.6 Å². The van der Waals surface area contributed by atoms with Crippen molar-refractivity contribution in [3.05, 3.63) is 41.2 Å². The predicted octanol–water partition coefficient (Wildman–Crippen LogP) is 4.58. The first-order valence-electron chi connectivity index (χ1n) is 8.09. The van der Waals surface area contributed by atoms with Crippen molar-refractivity contribution in [2.45, 2.75) is 51.9 Å². The molecule has 3 rings (SSSR count). The van der Waals surface area contributed by atoms with Crippen molar-refractivity contribution in [2.24, 2.45) is 5.41 Å². The molecule has 3 heteroatoms. The maximum atomic E-state index is 11.4. The van der Waals surface area contributed by atoms with Crippen LogP contribution in [0.25, 0.3) is 0 Å². The molecule has 1 aromatic carbocycles. The summed E-state index contributed by atoms with van der Waals surface area (Å²) in [5, 5.41) is 0. The second-order valence-corrected chi connectivity index (χ2v) is 6.65. The van der Waals surface area contributed by atoms with Gasteiger partial charge >= 0.3 is 5.97 Å². The molecule has 0 bridgehead atoms. The highest BCUT2D eigenvalue weighted by molar-refractivity contribution is 5.67. The van der Waals surface area contributed by atoms with E-state index in [1.54, 1.807) is 7.11 Å². The Balaban J connectivity index is 1.84. The Kier molecular flexibility index (Phi) is 3.98. The van der Waals surface area contributed by atoms with Gasteiger partial charge in [0.1, 0.15) is 11.5 Å². The molecule has 22 heavy (non-hydrogen) atoms. The third kappa shape index (κ3) is 2.77. The summed E-state index contributed by atoms with van der Waals surface area (Å²) < 4.78 is 10.7. The summed E-state index contributed by atoms with van der Waals surface area (Å²) >= 11 is 0. The molecule has 1 fully saturated rings. The van der Waals surface area contributed by atoms with Crippen LogP contribution in [0.5, 0.6) is 5.75 Å². The van der Waals surface area contributed by atoms with Crippen LogP contribution >= 0.6 is 0 Å². The molecule has 1 aromatic rings. The lowest BCUT2D eigenvalue weighted by Crippen LogP contribution is -2.14. The molecule has 2 atom stereocenters. The van der Waals surface area contributed by atoms with Gasteiger partial charge in [-0.3, -0.25) is 4.79 Å². The first-order valence-corrected chi connectivity index (χ1v) is 8.09. The van der Waals surface area contributed by atoms with Crippen molar-refractivity contribution >= 4 is 5.97 Å². The summed E-state index contributed by atoms with van der Waals surface area (Å²) in [4.78, 5) is 11.4. The van der Waals surface area contributed by atoms with E-state index >= 15 is 0 Å². The Morgan fingerprint density at radius 1 is 1.18 bits per heavy atom. The summed E-state index contributed by atoms with van der Waals surface area (Å²) in [5.74, 6) is 2.16. The largest absolute Gasteiger partial charge is 0.497 e. The van der Waals surface area contributed by atoms with E-state index in [4.69, 9.17) is 9.47 Å². The van der Waals surface area contributed by atoms with Gasteiger partial charge < -0.3 is 9.47 Å². The van der Waals surface area contributed by atoms with Crippen LogP contribution in [0.2, 0.25) is 0 Å². The van der Waals surface area contributed by atoms with Crippen LogP contribution in [0, 0.1) is 5.41 Å². The van der Waals surface area contributed by atoms with Gasteiger partial charge in [-0.1, -0.05) is 19.1 Å². The lowest BCUT2D eigenvalue weighted by molar-refractivity contribution is -0.137. The van der Waals surface area contributed by atoms with E-state index in [9.17, 15) is 4.79 Å². The molecule has 0 aliphatic heterocycles. The first kappa shape index (κ1) is 15.1. The van der Waals surface area contributed by atoms with E-state index in [1.165, 1.54) is 24.5 Å². The monoisotopic (exact) mass is 300 g/mol. The molecule has 0 aromatic heterocycles. The molecule has 0 heterocycles. The fraction of sp³-hybridized carbons (Fsp3) is 0.526. The third-order valence-corrected chi connectivity index (χ3v) is 5.13. The van der Waals surface area contributed by atoms with Crippen molar-refractivity contribution in [1.82, 2.24) is 0 Å². The molecule has 2 aliphatic rings. The average molecular weight is 300 g/mol. The summed E-state index contributed by atoms with van der Waals surface area (Å²) in [7, 11) is 1.69. The fourth-order valence-corrected chi connectivity index (χ4v) is 3.79. The lowest BCUT2D eigenvalue weighted by Gasteiger charge is -2.25. The number of ether oxygens (including phenoxy) is 2. The number of benzene rings is 1. The summed E-state index contributed by atoms with van der Waals surface area (Å²) in [5.41, 5.74) is 2.87. The highest BCUT2D eigenvalue weighted by atomic mass is 16.5. The Labute approximate surface area is 132 Å². The number of carbonyl (C=O) groups excluding carboxylic acids is 1. The van der Waals surface area contributed by atoms with Gasteiger partial charge in [-0.2, -0.15) is 0 Å². The maximum Gasteiger partial charge on any atom is 0.307 e. The van der Waals surface area contributed by atoms with Crippen LogP contribution < -0.4 is 4.74 Å². The lowest BCUT2D eigenvalue weighted by atomic mass is 9.84. The molecule has 1 saturated carbocycles. The van der Waals surface area contributed by atoms with E-state index in [0.29, 0.717) is 5.92 Å². The van der Waals surface area contributed by atoms with Crippen LogP contribution in [0.1, 0.15) is 57.4 Å². The number of carbonyl (C=O) groups is 1. The van der Waals surface area contributed by atoms with Crippen LogP contribution in [-0.2, 0) is 9.53 Å². The van der Waals surface area contributed by atoms with E-state index in [1.807, 2.05) is 12.1 Å². The molecule has 0 saturated heterocycles. The quantitative estimate of drug-likeness (QED) is 0.763. The number of hydrogen-bond donors (Lipinski definition) is 0. The van der Waals surface area contributed by atoms with Crippen molar-refractivity contribution in [3.8, 4) is 5.75 Å². The van der Waals surface area contributed by atoms with E-state index in [2.05, 4.69) is 19.1 Å². The van der Waals surface area contributed by atoms with Gasteiger partial charge in [0.2, 0.25) is 0 Å². The summed E-state index contributed by atoms with van der Waals surface area (Å²) in [6.45, 7) is 3.81. The second kappa shape index (κ2) is 5.79. The average Bonchev–Trinajstić information content (AvgIpc) is 3.20. The Morgan fingerprint density at radius 3 is 2.50 bits per heavy atom. The molecular formula is C19H24O3. The Hall–Kier alpha value is -1.77. The first-order chi connectivity index (χ1) is 10.5. The van der Waals surface area contributed by atoms with Gasteiger partial charge in [-0.25, -0.2) is 0 Å². The molecule has 0 spiro atoms. The van der Waals surface area contributed by atoms with Crippen LogP contribution in [-0.4, -0.2) is 13.1 Å². The molecular weight excluding hydrogens is 276 g/mol. The standard InChI is InChI=1S/C19H24O3/c1-13(20)22-18-7-5-4-6-16(18)19(2)12-17(19)14-8-10-15(21-3)11-9-14/h8-11,17H,4-7,12H2,1-3H3/t17-,19-/m1/s1. The maximum absolute atomic E-state index is 11.4. The fourth-order valence-electron chi connectivity index (χ4n) is 3.79. The number of hydrogen-bond acceptors (Lipinski definition) is 3. The minimum atomic E-state index is -0.195. The number of allylic oxidation sites excluding steroid dienone is 2. The predicted molar refractivity (Wildman–Crippen MR) is 85.7 cm³/mol. The number of methoxy groups -OCH3 is 1. The number of rotatable bonds is 4. The molecule has 118 valence electrons. The highest BCUT2D eigenvalue weighted by Crippen LogP contribution is 2.65. The second-order valence-electron chi connectivity index (χ2n) is 6.65. The van der Waals surface area contributed by atoms with Gasteiger partial charge in [-0.15, -0.1) is 0 Å².